The number of methoxy groups -OCH3 is 1. The Kier molecular flexibility index (Phi) is 5.20. The van der Waals surface area contributed by atoms with E-state index in [1.807, 2.05) is 24.4 Å². The van der Waals surface area contributed by atoms with Crippen molar-refractivity contribution in [3.8, 4) is 27.9 Å². The molecule has 0 unspecified atom stereocenters. The molecule has 0 aliphatic rings. The molecule has 3 aromatic heterocycles. The molecule has 4 aromatic rings. The van der Waals surface area contributed by atoms with Crippen molar-refractivity contribution < 1.29 is 9.15 Å². The van der Waals surface area contributed by atoms with Crippen LogP contribution in [0.3, 0.4) is 0 Å². The summed E-state index contributed by atoms with van der Waals surface area (Å²) in [5.41, 5.74) is 1.73. The number of thioether (sulfide) groups is 1. The zero-order valence-corrected chi connectivity index (χ0v) is 16.9. The van der Waals surface area contributed by atoms with Crippen molar-refractivity contribution >= 4 is 34.7 Å². The number of aromatic amines is 1. The molecule has 0 atom stereocenters. The van der Waals surface area contributed by atoms with Crippen molar-refractivity contribution in [1.82, 2.24) is 20.2 Å². The Morgan fingerprint density at radius 2 is 2.15 bits per heavy atom. The first-order valence-electron chi connectivity index (χ1n) is 8.02. The largest absolute Gasteiger partial charge is 0.496 e. The summed E-state index contributed by atoms with van der Waals surface area (Å²) in [5, 5.41) is 11.3. The summed E-state index contributed by atoms with van der Waals surface area (Å²) in [6.07, 6.45) is 0. The van der Waals surface area contributed by atoms with Crippen LogP contribution in [0.5, 0.6) is 5.75 Å². The molecule has 4 rings (SSSR count). The van der Waals surface area contributed by atoms with Gasteiger partial charge in [0.2, 0.25) is 5.16 Å². The van der Waals surface area contributed by atoms with E-state index in [0.29, 0.717) is 27.5 Å². The highest BCUT2D eigenvalue weighted by molar-refractivity contribution is 7.98. The number of rotatable bonds is 6. The Labute approximate surface area is 169 Å². The lowest BCUT2D eigenvalue weighted by atomic mass is 10.2. The number of hydrogen-bond donors (Lipinski definition) is 1. The number of thiazole rings is 1. The third kappa shape index (κ3) is 4.02. The number of aromatic nitrogens is 4. The van der Waals surface area contributed by atoms with Crippen molar-refractivity contribution in [3.05, 3.63) is 52.2 Å². The van der Waals surface area contributed by atoms with Gasteiger partial charge in [-0.3, -0.25) is 5.10 Å². The number of nitrogens with one attached hydrogen (secondary N) is 1. The van der Waals surface area contributed by atoms with Crippen LogP contribution in [0.25, 0.3) is 22.2 Å². The quantitative estimate of drug-likeness (QED) is 0.419. The summed E-state index contributed by atoms with van der Waals surface area (Å²) in [6, 6.07) is 9.25. The maximum atomic E-state index is 6.09. The Morgan fingerprint density at radius 3 is 2.93 bits per heavy atom. The first-order valence-corrected chi connectivity index (χ1v) is 10.3. The van der Waals surface area contributed by atoms with E-state index in [4.69, 9.17) is 20.8 Å². The standard InChI is InChI=1S/C18H15ClN4O2S2/c1-10-3-5-15(25-10)17-20-12(8-26-17)9-27-18-21-16(22-23-18)13-7-11(19)4-6-14(13)24-2/h3-8H,9H2,1-2H3,(H,21,22,23). The molecule has 138 valence electrons. The highest BCUT2D eigenvalue weighted by Gasteiger charge is 2.13. The number of halogens is 1. The van der Waals surface area contributed by atoms with Crippen LogP contribution < -0.4 is 4.74 Å². The lowest BCUT2D eigenvalue weighted by Crippen LogP contribution is -1.89. The number of furan rings is 1. The van der Waals surface area contributed by atoms with Crippen LogP contribution in [-0.4, -0.2) is 27.3 Å². The van der Waals surface area contributed by atoms with Gasteiger partial charge < -0.3 is 9.15 Å². The zero-order valence-electron chi connectivity index (χ0n) is 14.5. The number of benzene rings is 1. The molecule has 0 radical (unpaired) electrons. The fourth-order valence-electron chi connectivity index (χ4n) is 2.47. The van der Waals surface area contributed by atoms with Crippen molar-refractivity contribution in [2.45, 2.75) is 17.8 Å². The summed E-state index contributed by atoms with van der Waals surface area (Å²) < 4.78 is 11.0. The SMILES string of the molecule is COc1ccc(Cl)cc1-c1nc(SCc2csc(-c3ccc(C)o3)n2)n[nH]1. The first-order chi connectivity index (χ1) is 13.1. The topological polar surface area (TPSA) is 76.8 Å². The molecule has 27 heavy (non-hydrogen) atoms. The molecule has 1 aromatic carbocycles. The van der Waals surface area contributed by atoms with Gasteiger partial charge in [0.1, 0.15) is 11.5 Å². The highest BCUT2D eigenvalue weighted by Crippen LogP contribution is 2.32. The molecule has 0 aliphatic heterocycles. The van der Waals surface area contributed by atoms with Gasteiger partial charge in [0.25, 0.3) is 0 Å². The average molecular weight is 419 g/mol. The summed E-state index contributed by atoms with van der Waals surface area (Å²) in [6.45, 7) is 1.92. The lowest BCUT2D eigenvalue weighted by Gasteiger charge is -2.05. The van der Waals surface area contributed by atoms with E-state index in [0.717, 1.165) is 27.8 Å². The van der Waals surface area contributed by atoms with Gasteiger partial charge in [-0.2, -0.15) is 0 Å². The number of aryl methyl sites for hydroxylation is 1. The van der Waals surface area contributed by atoms with E-state index in [2.05, 4.69) is 20.2 Å². The molecular formula is C18H15ClN4O2S2. The van der Waals surface area contributed by atoms with Crippen molar-refractivity contribution in [1.29, 1.82) is 0 Å². The molecule has 6 nitrogen and oxygen atoms in total. The second-order valence-corrected chi connectivity index (χ2v) is 7.89. The van der Waals surface area contributed by atoms with Crippen LogP contribution in [0.2, 0.25) is 5.02 Å². The smallest absolute Gasteiger partial charge is 0.209 e. The maximum absolute atomic E-state index is 6.09. The Balaban J connectivity index is 1.46. The molecule has 0 spiro atoms. The zero-order chi connectivity index (χ0) is 18.8. The molecule has 0 saturated carbocycles. The third-order valence-electron chi connectivity index (χ3n) is 3.73. The average Bonchev–Trinajstić information content (AvgIpc) is 3.40. The molecule has 0 amide bonds. The van der Waals surface area contributed by atoms with Gasteiger partial charge in [0.15, 0.2) is 16.6 Å². The van der Waals surface area contributed by atoms with Gasteiger partial charge >= 0.3 is 0 Å². The number of hydrogen-bond acceptors (Lipinski definition) is 7. The Morgan fingerprint density at radius 1 is 1.26 bits per heavy atom. The van der Waals surface area contributed by atoms with E-state index >= 15 is 0 Å². The fraction of sp³-hybridized carbons (Fsp3) is 0.167. The van der Waals surface area contributed by atoms with Gasteiger partial charge in [-0.15, -0.1) is 16.4 Å². The van der Waals surface area contributed by atoms with E-state index in [9.17, 15) is 0 Å². The minimum atomic E-state index is 0.611. The number of nitrogens with zero attached hydrogens (tertiary/aromatic N) is 3. The van der Waals surface area contributed by atoms with Crippen molar-refractivity contribution in [2.24, 2.45) is 0 Å². The minimum Gasteiger partial charge on any atom is -0.496 e. The molecular weight excluding hydrogens is 404 g/mol. The molecule has 9 heteroatoms. The predicted molar refractivity (Wildman–Crippen MR) is 107 cm³/mol. The molecule has 1 N–H and O–H groups in total. The second kappa shape index (κ2) is 7.75. The van der Waals surface area contributed by atoms with Gasteiger partial charge in [-0.25, -0.2) is 9.97 Å². The van der Waals surface area contributed by atoms with Crippen LogP contribution in [0.4, 0.5) is 0 Å². The van der Waals surface area contributed by atoms with Crippen molar-refractivity contribution in [2.75, 3.05) is 7.11 Å². The molecule has 0 saturated heterocycles. The van der Waals surface area contributed by atoms with E-state index < -0.39 is 0 Å². The van der Waals surface area contributed by atoms with Crippen LogP contribution >= 0.6 is 34.7 Å². The van der Waals surface area contributed by atoms with Gasteiger partial charge in [0, 0.05) is 16.2 Å². The van der Waals surface area contributed by atoms with Gasteiger partial charge in [0.05, 0.1) is 18.4 Å². The van der Waals surface area contributed by atoms with Crippen LogP contribution in [0.1, 0.15) is 11.5 Å². The normalized spacial score (nSPS) is 11.1. The number of H-pyrrole nitrogens is 1. The third-order valence-corrected chi connectivity index (χ3v) is 5.76. The summed E-state index contributed by atoms with van der Waals surface area (Å²) >= 11 is 9.16. The number of ether oxygens (including phenoxy) is 1. The first kappa shape index (κ1) is 18.1. The molecule has 0 aliphatic carbocycles. The summed E-state index contributed by atoms with van der Waals surface area (Å²) in [4.78, 5) is 9.14. The second-order valence-electron chi connectivity index (χ2n) is 5.65. The molecule has 0 bridgehead atoms. The van der Waals surface area contributed by atoms with E-state index in [-0.39, 0.29) is 0 Å². The summed E-state index contributed by atoms with van der Waals surface area (Å²) in [7, 11) is 1.61. The summed E-state index contributed by atoms with van der Waals surface area (Å²) in [5.74, 6) is 3.63. The van der Waals surface area contributed by atoms with Gasteiger partial charge in [-0.1, -0.05) is 23.4 Å². The monoisotopic (exact) mass is 418 g/mol. The Bertz CT molecular complexity index is 1070. The van der Waals surface area contributed by atoms with Crippen LogP contribution in [-0.2, 0) is 5.75 Å². The van der Waals surface area contributed by atoms with Crippen molar-refractivity contribution in [3.63, 3.8) is 0 Å². The predicted octanol–water partition coefficient (Wildman–Crippen LogP) is 5.45. The minimum absolute atomic E-state index is 0.611. The van der Waals surface area contributed by atoms with Gasteiger partial charge in [-0.05, 0) is 37.3 Å². The highest BCUT2D eigenvalue weighted by atomic mass is 35.5. The Hall–Kier alpha value is -2.29. The van der Waals surface area contributed by atoms with Crippen LogP contribution in [0.15, 0.2) is 45.3 Å². The molecule has 0 fully saturated rings. The fourth-order valence-corrected chi connectivity index (χ4v) is 4.22. The molecule has 3 heterocycles. The van der Waals surface area contributed by atoms with E-state index in [1.165, 1.54) is 11.8 Å². The van der Waals surface area contributed by atoms with Crippen LogP contribution in [0, 0.1) is 6.92 Å². The lowest BCUT2D eigenvalue weighted by molar-refractivity contribution is 0.416. The maximum Gasteiger partial charge on any atom is 0.209 e. The van der Waals surface area contributed by atoms with E-state index in [1.54, 1.807) is 36.6 Å².